The Morgan fingerprint density at radius 2 is 2.21 bits per heavy atom. The maximum Gasteiger partial charge on any atom is 0.387 e. The van der Waals surface area contributed by atoms with Crippen molar-refractivity contribution in [1.29, 1.82) is 0 Å². The van der Waals surface area contributed by atoms with Crippen LogP contribution in [0.4, 0.5) is 14.5 Å². The summed E-state index contributed by atoms with van der Waals surface area (Å²) in [6.45, 7) is -1.49. The molecular weight excluding hydrogens is 318 g/mol. The molecule has 0 bridgehead atoms. The van der Waals surface area contributed by atoms with Gasteiger partial charge in [-0.1, -0.05) is 12.1 Å². The van der Waals surface area contributed by atoms with Crippen LogP contribution in [0, 0.1) is 0 Å². The first-order valence-corrected chi connectivity index (χ1v) is 7.67. The predicted octanol–water partition coefficient (Wildman–Crippen LogP) is 1.88. The average Bonchev–Trinajstić information content (AvgIpc) is 3.19. The monoisotopic (exact) mass is 336 g/mol. The summed E-state index contributed by atoms with van der Waals surface area (Å²) in [4.78, 5) is 13.9. The number of hydrogen-bond donors (Lipinski definition) is 1. The molecule has 0 unspecified atom stereocenters. The third-order valence-corrected chi connectivity index (χ3v) is 3.84. The van der Waals surface area contributed by atoms with Crippen LogP contribution in [0.5, 0.6) is 5.75 Å². The lowest BCUT2D eigenvalue weighted by Gasteiger charge is -2.22. The van der Waals surface area contributed by atoms with Crippen molar-refractivity contribution in [3.8, 4) is 5.75 Å². The molecule has 0 radical (unpaired) electrons. The van der Waals surface area contributed by atoms with Crippen LogP contribution in [0.2, 0.25) is 0 Å². The summed E-state index contributed by atoms with van der Waals surface area (Å²) >= 11 is 0. The maximum absolute atomic E-state index is 12.5. The highest BCUT2D eigenvalue weighted by molar-refractivity contribution is 5.76. The fourth-order valence-electron chi connectivity index (χ4n) is 2.83. The van der Waals surface area contributed by atoms with Gasteiger partial charge in [0.05, 0.1) is 5.69 Å². The number of halogens is 2. The fourth-order valence-corrected chi connectivity index (χ4v) is 2.83. The quantitative estimate of drug-likeness (QED) is 0.875. The van der Waals surface area contributed by atoms with E-state index in [0.29, 0.717) is 18.8 Å². The zero-order chi connectivity index (χ0) is 16.9. The number of carbonyl (C=O) groups is 1. The van der Waals surface area contributed by atoms with Gasteiger partial charge in [0.25, 0.3) is 0 Å². The van der Waals surface area contributed by atoms with Crippen molar-refractivity contribution >= 4 is 11.6 Å². The van der Waals surface area contributed by atoms with Crippen LogP contribution in [0.1, 0.15) is 6.42 Å². The predicted molar refractivity (Wildman–Crippen MR) is 84.1 cm³/mol. The zero-order valence-corrected chi connectivity index (χ0v) is 12.9. The Morgan fingerprint density at radius 1 is 1.38 bits per heavy atom. The number of amides is 1. The lowest BCUT2D eigenvalue weighted by atomic mass is 10.2. The maximum atomic E-state index is 12.5. The van der Waals surface area contributed by atoms with Crippen LogP contribution in [-0.4, -0.2) is 41.4 Å². The molecule has 1 aliphatic rings. The Balaban J connectivity index is 1.58. The molecule has 2 aromatic rings. The van der Waals surface area contributed by atoms with E-state index < -0.39 is 6.61 Å². The molecule has 1 saturated heterocycles. The molecule has 0 saturated carbocycles. The summed E-state index contributed by atoms with van der Waals surface area (Å²) in [6, 6.07) is 8.41. The Kier molecular flexibility index (Phi) is 4.93. The number of rotatable bonds is 6. The number of ether oxygens (including phenoxy) is 1. The minimum absolute atomic E-state index is 0.0346. The number of para-hydroxylation sites is 2. The van der Waals surface area contributed by atoms with E-state index in [4.69, 9.17) is 0 Å². The molecule has 1 N–H and O–H groups in total. The van der Waals surface area contributed by atoms with Gasteiger partial charge in [-0.05, 0) is 24.6 Å². The standard InChI is InChI=1S/C16H18F2N4O2/c17-16(18)24-14-5-2-1-4-13(14)21-9-6-12(10-21)20-15(23)11-22-8-3-7-19-22/h1-5,7-8,12,16H,6,9-11H2,(H,20,23)/t12-/m1/s1. The van der Waals surface area contributed by atoms with E-state index in [1.165, 1.54) is 6.07 Å². The molecule has 1 amide bonds. The number of alkyl halides is 2. The van der Waals surface area contributed by atoms with Gasteiger partial charge in [-0.3, -0.25) is 9.48 Å². The van der Waals surface area contributed by atoms with Gasteiger partial charge in [-0.25, -0.2) is 0 Å². The minimum atomic E-state index is -2.86. The highest BCUT2D eigenvalue weighted by atomic mass is 19.3. The second kappa shape index (κ2) is 7.29. The molecule has 24 heavy (non-hydrogen) atoms. The molecule has 1 fully saturated rings. The Morgan fingerprint density at radius 3 is 2.96 bits per heavy atom. The second-order valence-corrected chi connectivity index (χ2v) is 5.55. The van der Waals surface area contributed by atoms with E-state index in [2.05, 4.69) is 15.2 Å². The number of nitrogens with one attached hydrogen (secondary N) is 1. The number of benzene rings is 1. The first-order chi connectivity index (χ1) is 11.6. The second-order valence-electron chi connectivity index (χ2n) is 5.55. The van der Waals surface area contributed by atoms with E-state index in [-0.39, 0.29) is 24.2 Å². The fraction of sp³-hybridized carbons (Fsp3) is 0.375. The third-order valence-electron chi connectivity index (χ3n) is 3.84. The van der Waals surface area contributed by atoms with Crippen LogP contribution in [0.25, 0.3) is 0 Å². The van der Waals surface area contributed by atoms with E-state index in [1.54, 1.807) is 41.3 Å². The Hall–Kier alpha value is -2.64. The van der Waals surface area contributed by atoms with Gasteiger partial charge in [0.2, 0.25) is 5.91 Å². The lowest BCUT2D eigenvalue weighted by Crippen LogP contribution is -2.39. The molecule has 1 aliphatic heterocycles. The molecular formula is C16H18F2N4O2. The van der Waals surface area contributed by atoms with Gasteiger partial charge >= 0.3 is 6.61 Å². The molecule has 0 spiro atoms. The SMILES string of the molecule is O=C(Cn1cccn1)N[C@@H]1CCN(c2ccccc2OC(F)F)C1. The summed E-state index contributed by atoms with van der Waals surface area (Å²) in [5.74, 6) is 0.0266. The molecule has 128 valence electrons. The first kappa shape index (κ1) is 16.2. The zero-order valence-electron chi connectivity index (χ0n) is 12.9. The molecule has 8 heteroatoms. The van der Waals surface area contributed by atoms with Crippen LogP contribution in [0.15, 0.2) is 42.7 Å². The average molecular weight is 336 g/mol. The van der Waals surface area contributed by atoms with Crippen molar-refractivity contribution < 1.29 is 18.3 Å². The van der Waals surface area contributed by atoms with E-state index >= 15 is 0 Å². The van der Waals surface area contributed by atoms with Crippen molar-refractivity contribution in [3.63, 3.8) is 0 Å². The van der Waals surface area contributed by atoms with Gasteiger partial charge in [0, 0.05) is 31.5 Å². The normalized spacial score (nSPS) is 17.3. The minimum Gasteiger partial charge on any atom is -0.433 e. The summed E-state index contributed by atoms with van der Waals surface area (Å²) < 4.78 is 31.1. The van der Waals surface area contributed by atoms with Gasteiger partial charge < -0.3 is 15.0 Å². The van der Waals surface area contributed by atoms with Crippen molar-refractivity contribution in [2.75, 3.05) is 18.0 Å². The van der Waals surface area contributed by atoms with Gasteiger partial charge in [0.1, 0.15) is 12.3 Å². The van der Waals surface area contributed by atoms with Crippen LogP contribution >= 0.6 is 0 Å². The summed E-state index contributed by atoms with van der Waals surface area (Å²) in [5, 5.41) is 6.94. The molecule has 2 heterocycles. The van der Waals surface area contributed by atoms with Crippen molar-refractivity contribution in [2.24, 2.45) is 0 Å². The molecule has 1 aromatic carbocycles. The van der Waals surface area contributed by atoms with Crippen LogP contribution < -0.4 is 15.0 Å². The van der Waals surface area contributed by atoms with E-state index in [1.807, 2.05) is 4.90 Å². The van der Waals surface area contributed by atoms with Crippen molar-refractivity contribution in [2.45, 2.75) is 25.6 Å². The molecule has 3 rings (SSSR count). The summed E-state index contributed by atoms with van der Waals surface area (Å²) in [7, 11) is 0. The Bertz CT molecular complexity index is 678. The number of aromatic nitrogens is 2. The van der Waals surface area contributed by atoms with Crippen molar-refractivity contribution in [1.82, 2.24) is 15.1 Å². The Labute approximate surface area is 138 Å². The van der Waals surface area contributed by atoms with Gasteiger partial charge in [0.15, 0.2) is 0 Å². The molecule has 6 nitrogen and oxygen atoms in total. The molecule has 1 atom stereocenters. The largest absolute Gasteiger partial charge is 0.433 e. The number of carbonyl (C=O) groups excluding carboxylic acids is 1. The summed E-state index contributed by atoms with van der Waals surface area (Å²) in [5.41, 5.74) is 0.613. The van der Waals surface area contributed by atoms with Crippen LogP contribution in [-0.2, 0) is 11.3 Å². The van der Waals surface area contributed by atoms with E-state index in [0.717, 1.165) is 6.42 Å². The van der Waals surface area contributed by atoms with E-state index in [9.17, 15) is 13.6 Å². The van der Waals surface area contributed by atoms with Crippen molar-refractivity contribution in [3.05, 3.63) is 42.7 Å². The highest BCUT2D eigenvalue weighted by Gasteiger charge is 2.26. The topological polar surface area (TPSA) is 59.4 Å². The third kappa shape index (κ3) is 4.01. The van der Waals surface area contributed by atoms with Gasteiger partial charge in [-0.15, -0.1) is 0 Å². The van der Waals surface area contributed by atoms with Gasteiger partial charge in [-0.2, -0.15) is 13.9 Å². The highest BCUT2D eigenvalue weighted by Crippen LogP contribution is 2.31. The summed E-state index contributed by atoms with van der Waals surface area (Å²) in [6.07, 6.45) is 4.08. The number of anilines is 1. The first-order valence-electron chi connectivity index (χ1n) is 7.67. The molecule has 0 aliphatic carbocycles. The number of hydrogen-bond acceptors (Lipinski definition) is 4. The smallest absolute Gasteiger partial charge is 0.387 e. The lowest BCUT2D eigenvalue weighted by molar-refractivity contribution is -0.122. The number of nitrogens with zero attached hydrogens (tertiary/aromatic N) is 3. The molecule has 1 aromatic heterocycles. The van der Waals surface area contributed by atoms with Crippen LogP contribution in [0.3, 0.4) is 0 Å².